The molecule has 2 aliphatic rings. The predicted molar refractivity (Wildman–Crippen MR) is 152 cm³/mol. The maximum Gasteiger partial charge on any atom is 0.309 e. The Labute approximate surface area is 235 Å². The fourth-order valence-electron chi connectivity index (χ4n) is 5.77. The maximum absolute atomic E-state index is 13.9. The van der Waals surface area contributed by atoms with Gasteiger partial charge in [-0.05, 0) is 60.9 Å². The highest BCUT2D eigenvalue weighted by molar-refractivity contribution is 5.95. The molecule has 8 nitrogen and oxygen atoms in total. The Kier molecular flexibility index (Phi) is 8.26. The number of carboxylic acid groups (broad SMARTS) is 1. The van der Waals surface area contributed by atoms with Crippen molar-refractivity contribution in [3.8, 4) is 17.2 Å². The number of likely N-dealkylation sites (tertiary alicyclic amines) is 1. The van der Waals surface area contributed by atoms with Gasteiger partial charge in [0, 0.05) is 30.7 Å². The number of aryl methyl sites for hydroxylation is 1. The molecule has 3 aromatic rings. The smallest absolute Gasteiger partial charge is 0.309 e. The van der Waals surface area contributed by atoms with Crippen molar-refractivity contribution in [3.05, 3.63) is 83.4 Å². The van der Waals surface area contributed by atoms with Crippen LogP contribution in [-0.2, 0) is 9.59 Å². The van der Waals surface area contributed by atoms with Gasteiger partial charge >= 0.3 is 5.97 Å². The van der Waals surface area contributed by atoms with E-state index in [0.29, 0.717) is 30.3 Å². The molecular formula is C32H36N2O6. The fourth-order valence-corrected chi connectivity index (χ4v) is 5.77. The number of benzene rings is 3. The number of hydrogen-bond donors (Lipinski definition) is 1. The van der Waals surface area contributed by atoms with Gasteiger partial charge in [-0.3, -0.25) is 14.5 Å². The molecular weight excluding hydrogens is 508 g/mol. The average molecular weight is 545 g/mol. The van der Waals surface area contributed by atoms with Crippen LogP contribution in [0, 0.1) is 12.8 Å². The third kappa shape index (κ3) is 5.63. The van der Waals surface area contributed by atoms with Gasteiger partial charge in [0.05, 0.1) is 19.6 Å². The van der Waals surface area contributed by atoms with Gasteiger partial charge in [-0.15, -0.1) is 0 Å². The van der Waals surface area contributed by atoms with Gasteiger partial charge in [-0.1, -0.05) is 49.2 Å². The van der Waals surface area contributed by atoms with Crippen LogP contribution in [0.4, 0.5) is 5.69 Å². The van der Waals surface area contributed by atoms with Crippen molar-refractivity contribution in [2.75, 3.05) is 38.4 Å². The Bertz CT molecular complexity index is 1340. The number of nitrogens with zero attached hydrogens (tertiary/aromatic N) is 2. The molecule has 1 amide bonds. The topological polar surface area (TPSA) is 88.5 Å². The summed E-state index contributed by atoms with van der Waals surface area (Å²) in [5.41, 5.74) is 3.67. The van der Waals surface area contributed by atoms with E-state index in [-0.39, 0.29) is 25.2 Å². The minimum Gasteiger partial charge on any atom is -0.497 e. The van der Waals surface area contributed by atoms with Gasteiger partial charge in [0.1, 0.15) is 5.75 Å². The Morgan fingerprint density at radius 1 is 1.00 bits per heavy atom. The molecule has 2 aliphatic heterocycles. The molecule has 1 fully saturated rings. The summed E-state index contributed by atoms with van der Waals surface area (Å²) in [6.07, 6.45) is 1.83. The molecule has 0 aromatic heterocycles. The van der Waals surface area contributed by atoms with Gasteiger partial charge in [0.15, 0.2) is 11.5 Å². The number of fused-ring (bicyclic) bond motifs is 1. The number of carbonyl (C=O) groups is 2. The zero-order chi connectivity index (χ0) is 28.2. The molecule has 2 heterocycles. The van der Waals surface area contributed by atoms with E-state index >= 15 is 0 Å². The molecule has 1 saturated heterocycles. The average Bonchev–Trinajstić information content (AvgIpc) is 3.58. The molecule has 3 atom stereocenters. The van der Waals surface area contributed by atoms with Gasteiger partial charge in [0.2, 0.25) is 12.7 Å². The van der Waals surface area contributed by atoms with Gasteiger partial charge in [0.25, 0.3) is 0 Å². The number of anilines is 1. The summed E-state index contributed by atoms with van der Waals surface area (Å²) in [7, 11) is 1.60. The lowest BCUT2D eigenvalue weighted by Crippen LogP contribution is -2.41. The summed E-state index contributed by atoms with van der Waals surface area (Å²) in [6.45, 7) is 5.38. The highest BCUT2D eigenvalue weighted by Crippen LogP contribution is 2.47. The number of carboxylic acids is 1. The molecule has 5 rings (SSSR count). The van der Waals surface area contributed by atoms with Crippen LogP contribution in [0.2, 0.25) is 0 Å². The van der Waals surface area contributed by atoms with Crippen LogP contribution >= 0.6 is 0 Å². The summed E-state index contributed by atoms with van der Waals surface area (Å²) in [5, 5.41) is 10.5. The minimum absolute atomic E-state index is 0.0497. The van der Waals surface area contributed by atoms with E-state index in [9.17, 15) is 14.7 Å². The van der Waals surface area contributed by atoms with Crippen LogP contribution in [0.1, 0.15) is 48.4 Å². The molecule has 0 spiro atoms. The van der Waals surface area contributed by atoms with Crippen LogP contribution in [0.15, 0.2) is 66.7 Å². The van der Waals surface area contributed by atoms with Crippen molar-refractivity contribution in [1.29, 1.82) is 0 Å². The first-order valence-electron chi connectivity index (χ1n) is 13.8. The lowest BCUT2D eigenvalue weighted by atomic mass is 9.82. The number of methoxy groups -OCH3 is 1. The van der Waals surface area contributed by atoms with Crippen LogP contribution in [-0.4, -0.2) is 55.4 Å². The molecule has 210 valence electrons. The van der Waals surface area contributed by atoms with Crippen molar-refractivity contribution < 1.29 is 28.9 Å². The van der Waals surface area contributed by atoms with Crippen molar-refractivity contribution in [3.63, 3.8) is 0 Å². The highest BCUT2D eigenvalue weighted by atomic mass is 16.7. The Hall–Kier alpha value is -4.04. The molecule has 1 N–H and O–H groups in total. The molecule has 8 heteroatoms. The van der Waals surface area contributed by atoms with Crippen LogP contribution < -0.4 is 19.1 Å². The zero-order valence-electron chi connectivity index (χ0n) is 23.2. The van der Waals surface area contributed by atoms with Crippen molar-refractivity contribution in [1.82, 2.24) is 4.90 Å². The number of ether oxygens (including phenoxy) is 3. The van der Waals surface area contributed by atoms with Gasteiger partial charge in [-0.25, -0.2) is 0 Å². The second-order valence-electron chi connectivity index (χ2n) is 10.5. The number of carbonyl (C=O) groups excluding carboxylic acids is 1. The number of unbranched alkanes of at least 4 members (excludes halogenated alkanes) is 1. The maximum atomic E-state index is 13.9. The molecule has 0 saturated carbocycles. The normalized spacial score (nSPS) is 19.9. The summed E-state index contributed by atoms with van der Waals surface area (Å²) >= 11 is 0. The van der Waals surface area contributed by atoms with Crippen LogP contribution in [0.5, 0.6) is 17.2 Å². The van der Waals surface area contributed by atoms with Crippen molar-refractivity contribution in [2.24, 2.45) is 5.92 Å². The summed E-state index contributed by atoms with van der Waals surface area (Å²) in [4.78, 5) is 30.7. The Balaban J connectivity index is 1.50. The van der Waals surface area contributed by atoms with E-state index < -0.39 is 17.9 Å². The standard InChI is InChI=1S/C32H36N2O6/c1-4-5-16-34(24-11-6-21(2)7-12-24)29(35)19-33-18-26(23-10-15-27-28(17-23)40-20-39-27)30(32(36)37)31(33)22-8-13-25(38-3)14-9-22/h6-15,17,26,30-31H,4-5,16,18-20H2,1-3H3,(H,36,37). The third-order valence-corrected chi connectivity index (χ3v) is 7.89. The monoisotopic (exact) mass is 544 g/mol. The first-order chi connectivity index (χ1) is 19.4. The fraction of sp³-hybridized carbons (Fsp3) is 0.375. The zero-order valence-corrected chi connectivity index (χ0v) is 23.2. The van der Waals surface area contributed by atoms with Gasteiger partial charge in [-0.2, -0.15) is 0 Å². The van der Waals surface area contributed by atoms with Gasteiger partial charge < -0.3 is 24.2 Å². The SMILES string of the molecule is CCCCN(C(=O)CN1CC(c2ccc3c(c2)OCO3)C(C(=O)O)C1c1ccc(OC)cc1)c1ccc(C)cc1. The highest BCUT2D eigenvalue weighted by Gasteiger charge is 2.48. The molecule has 0 bridgehead atoms. The van der Waals surface area contributed by atoms with E-state index in [1.807, 2.05) is 83.5 Å². The summed E-state index contributed by atoms with van der Waals surface area (Å²) in [6, 6.07) is 20.5. The summed E-state index contributed by atoms with van der Waals surface area (Å²) < 4.78 is 16.4. The number of rotatable bonds is 10. The lowest BCUT2D eigenvalue weighted by Gasteiger charge is -2.30. The molecule has 3 aromatic carbocycles. The second-order valence-corrected chi connectivity index (χ2v) is 10.5. The molecule has 0 radical (unpaired) electrons. The number of hydrogen-bond acceptors (Lipinski definition) is 6. The van der Waals surface area contributed by atoms with Crippen LogP contribution in [0.25, 0.3) is 0 Å². The van der Waals surface area contributed by atoms with Crippen LogP contribution in [0.3, 0.4) is 0 Å². The minimum atomic E-state index is -0.903. The Morgan fingerprint density at radius 3 is 2.38 bits per heavy atom. The number of aliphatic carboxylic acids is 1. The van der Waals surface area contributed by atoms with Crippen molar-refractivity contribution >= 4 is 17.6 Å². The molecule has 0 aliphatic carbocycles. The quantitative estimate of drug-likeness (QED) is 0.365. The van der Waals surface area contributed by atoms with E-state index in [0.717, 1.165) is 35.2 Å². The number of amides is 1. The van der Waals surface area contributed by atoms with Crippen molar-refractivity contribution in [2.45, 2.75) is 38.6 Å². The lowest BCUT2D eigenvalue weighted by molar-refractivity contribution is -0.143. The van der Waals surface area contributed by atoms with E-state index in [4.69, 9.17) is 14.2 Å². The van der Waals surface area contributed by atoms with E-state index in [1.165, 1.54) is 0 Å². The first kappa shape index (κ1) is 27.5. The van der Waals surface area contributed by atoms with E-state index in [2.05, 4.69) is 6.92 Å². The van der Waals surface area contributed by atoms with E-state index in [1.54, 1.807) is 7.11 Å². The molecule has 3 unspecified atom stereocenters. The largest absolute Gasteiger partial charge is 0.497 e. The third-order valence-electron chi connectivity index (χ3n) is 7.89. The predicted octanol–water partition coefficient (Wildman–Crippen LogP) is 5.41. The molecule has 40 heavy (non-hydrogen) atoms. The Morgan fingerprint density at radius 2 is 1.70 bits per heavy atom. The second kappa shape index (κ2) is 12.0. The summed E-state index contributed by atoms with van der Waals surface area (Å²) in [5.74, 6) is -0.125. The first-order valence-corrected chi connectivity index (χ1v) is 13.8.